The molecule has 1 amide bonds. The number of carbonyl (C=O) groups is 1. The first-order chi connectivity index (χ1) is 8.00. The zero-order chi connectivity index (χ0) is 12.8. The summed E-state index contributed by atoms with van der Waals surface area (Å²) in [7, 11) is 0. The van der Waals surface area contributed by atoms with Crippen LogP contribution in [0.3, 0.4) is 0 Å². The molecular formula is C14H20ClNO. The van der Waals surface area contributed by atoms with Crippen molar-refractivity contribution < 1.29 is 4.79 Å². The van der Waals surface area contributed by atoms with Gasteiger partial charge in [-0.15, -0.1) is 11.6 Å². The van der Waals surface area contributed by atoms with Crippen LogP contribution in [0.1, 0.15) is 38.1 Å². The average Bonchev–Trinajstić information content (AvgIpc) is 2.28. The summed E-state index contributed by atoms with van der Waals surface area (Å²) in [6.07, 6.45) is 0.962. The summed E-state index contributed by atoms with van der Waals surface area (Å²) in [4.78, 5) is 11.9. The van der Waals surface area contributed by atoms with Crippen molar-refractivity contribution >= 4 is 17.5 Å². The minimum absolute atomic E-state index is 0.119. The van der Waals surface area contributed by atoms with Crippen molar-refractivity contribution in [3.63, 3.8) is 0 Å². The predicted octanol–water partition coefficient (Wildman–Crippen LogP) is 3.52. The lowest BCUT2D eigenvalue weighted by Crippen LogP contribution is -2.35. The van der Waals surface area contributed by atoms with E-state index in [4.69, 9.17) is 11.6 Å². The van der Waals surface area contributed by atoms with E-state index in [0.717, 1.165) is 12.0 Å². The second-order valence-electron chi connectivity index (χ2n) is 4.81. The summed E-state index contributed by atoms with van der Waals surface area (Å²) in [5.41, 5.74) is 0.836. The van der Waals surface area contributed by atoms with Crippen LogP contribution >= 0.6 is 11.6 Å². The van der Waals surface area contributed by atoms with Crippen LogP contribution in [0.25, 0.3) is 0 Å². The monoisotopic (exact) mass is 253 g/mol. The van der Waals surface area contributed by atoms with E-state index in [1.165, 1.54) is 0 Å². The van der Waals surface area contributed by atoms with Gasteiger partial charge in [0, 0.05) is 6.04 Å². The summed E-state index contributed by atoms with van der Waals surface area (Å²) in [5, 5.41) is 2.33. The van der Waals surface area contributed by atoms with Crippen LogP contribution < -0.4 is 5.32 Å². The molecule has 1 aromatic carbocycles. The predicted molar refractivity (Wildman–Crippen MR) is 72.1 cm³/mol. The van der Waals surface area contributed by atoms with Crippen molar-refractivity contribution in [2.45, 2.75) is 38.6 Å². The van der Waals surface area contributed by atoms with E-state index in [2.05, 4.69) is 19.2 Å². The summed E-state index contributed by atoms with van der Waals surface area (Å²) in [5.74, 6) is 0.446. The van der Waals surface area contributed by atoms with E-state index in [1.54, 1.807) is 0 Å². The van der Waals surface area contributed by atoms with Gasteiger partial charge in [0.25, 0.3) is 0 Å². The van der Waals surface area contributed by atoms with Gasteiger partial charge in [-0.2, -0.15) is 0 Å². The number of carbonyl (C=O) groups excluding carboxylic acids is 1. The number of hydrogen-bond acceptors (Lipinski definition) is 1. The quantitative estimate of drug-likeness (QED) is 0.800. The lowest BCUT2D eigenvalue weighted by atomic mass is 10.0. The molecule has 1 rings (SSSR count). The Balaban J connectivity index is 2.53. The highest BCUT2D eigenvalue weighted by atomic mass is 35.5. The Morgan fingerprint density at radius 1 is 1.24 bits per heavy atom. The topological polar surface area (TPSA) is 29.1 Å². The van der Waals surface area contributed by atoms with Crippen molar-refractivity contribution in [3.05, 3.63) is 35.9 Å². The first-order valence-electron chi connectivity index (χ1n) is 6.00. The third-order valence-corrected chi connectivity index (χ3v) is 2.99. The van der Waals surface area contributed by atoms with Gasteiger partial charge in [-0.05, 0) is 24.8 Å². The van der Waals surface area contributed by atoms with Gasteiger partial charge >= 0.3 is 0 Å². The van der Waals surface area contributed by atoms with Crippen LogP contribution in [-0.2, 0) is 4.79 Å². The molecule has 0 spiro atoms. The van der Waals surface area contributed by atoms with Gasteiger partial charge in [0.05, 0.1) is 0 Å². The Morgan fingerprint density at radius 3 is 2.35 bits per heavy atom. The Labute approximate surface area is 108 Å². The van der Waals surface area contributed by atoms with Gasteiger partial charge in [0.1, 0.15) is 5.38 Å². The normalized spacial score (nSPS) is 14.4. The van der Waals surface area contributed by atoms with Gasteiger partial charge in [0.15, 0.2) is 0 Å². The Kier molecular flexibility index (Phi) is 5.49. The summed E-state index contributed by atoms with van der Waals surface area (Å²) < 4.78 is 0. The Hall–Kier alpha value is -1.02. The van der Waals surface area contributed by atoms with Crippen molar-refractivity contribution in [1.82, 2.24) is 5.32 Å². The fourth-order valence-electron chi connectivity index (χ4n) is 1.86. The molecule has 3 heteroatoms. The second kappa shape index (κ2) is 6.65. The molecule has 94 valence electrons. The molecule has 0 saturated carbocycles. The smallest absolute Gasteiger partial charge is 0.242 e. The van der Waals surface area contributed by atoms with Crippen LogP contribution in [0, 0.1) is 5.92 Å². The minimum atomic E-state index is -0.606. The van der Waals surface area contributed by atoms with E-state index in [-0.39, 0.29) is 11.9 Å². The van der Waals surface area contributed by atoms with Crippen molar-refractivity contribution in [1.29, 1.82) is 0 Å². The van der Waals surface area contributed by atoms with E-state index >= 15 is 0 Å². The highest BCUT2D eigenvalue weighted by molar-refractivity contribution is 6.30. The molecule has 1 N–H and O–H groups in total. The first-order valence-corrected chi connectivity index (χ1v) is 6.43. The van der Waals surface area contributed by atoms with Gasteiger partial charge in [-0.25, -0.2) is 0 Å². The molecule has 17 heavy (non-hydrogen) atoms. The van der Waals surface area contributed by atoms with Crippen molar-refractivity contribution in [3.8, 4) is 0 Å². The molecular weight excluding hydrogens is 234 g/mol. The highest BCUT2D eigenvalue weighted by Crippen LogP contribution is 2.20. The summed E-state index contributed by atoms with van der Waals surface area (Å²) in [6.45, 7) is 6.28. The summed E-state index contributed by atoms with van der Waals surface area (Å²) in [6, 6.07) is 9.57. The first kappa shape index (κ1) is 14.0. The van der Waals surface area contributed by atoms with Crippen LogP contribution in [0.5, 0.6) is 0 Å². The molecule has 2 unspecified atom stereocenters. The number of rotatable bonds is 5. The number of hydrogen-bond donors (Lipinski definition) is 1. The third-order valence-electron chi connectivity index (χ3n) is 2.54. The molecule has 2 nitrogen and oxygen atoms in total. The molecule has 0 heterocycles. The Morgan fingerprint density at radius 2 is 1.82 bits per heavy atom. The molecule has 0 bridgehead atoms. The molecule has 0 aliphatic rings. The average molecular weight is 254 g/mol. The second-order valence-corrected chi connectivity index (χ2v) is 5.25. The van der Waals surface area contributed by atoms with Crippen molar-refractivity contribution in [2.75, 3.05) is 0 Å². The van der Waals surface area contributed by atoms with Crippen LogP contribution in [0.2, 0.25) is 0 Å². The molecule has 0 fully saturated rings. The maximum atomic E-state index is 11.9. The molecule has 0 saturated heterocycles. The Bertz CT molecular complexity index is 350. The largest absolute Gasteiger partial charge is 0.352 e. The fraction of sp³-hybridized carbons (Fsp3) is 0.500. The zero-order valence-electron chi connectivity index (χ0n) is 10.6. The number of halogens is 1. The van der Waals surface area contributed by atoms with Gasteiger partial charge in [-0.3, -0.25) is 4.79 Å². The minimum Gasteiger partial charge on any atom is -0.352 e. The lowest BCUT2D eigenvalue weighted by molar-refractivity contribution is -0.121. The van der Waals surface area contributed by atoms with Gasteiger partial charge in [0.2, 0.25) is 5.91 Å². The number of benzene rings is 1. The number of nitrogens with one attached hydrogen (secondary N) is 1. The standard InChI is InChI=1S/C14H20ClNO/c1-10(2)9-11(3)16-14(17)13(15)12-7-5-4-6-8-12/h4-8,10-11,13H,9H2,1-3H3,(H,16,17). The van der Waals surface area contributed by atoms with Crippen LogP contribution in [0.4, 0.5) is 0 Å². The molecule has 0 aliphatic carbocycles. The fourth-order valence-corrected chi connectivity index (χ4v) is 2.06. The molecule has 0 aromatic heterocycles. The lowest BCUT2D eigenvalue weighted by Gasteiger charge is -2.18. The van der Waals surface area contributed by atoms with E-state index in [9.17, 15) is 4.79 Å². The molecule has 2 atom stereocenters. The zero-order valence-corrected chi connectivity index (χ0v) is 11.4. The summed E-state index contributed by atoms with van der Waals surface area (Å²) >= 11 is 6.13. The van der Waals surface area contributed by atoms with Crippen LogP contribution in [-0.4, -0.2) is 11.9 Å². The van der Waals surface area contributed by atoms with Crippen molar-refractivity contribution in [2.24, 2.45) is 5.92 Å². The molecule has 0 aliphatic heterocycles. The maximum absolute atomic E-state index is 11.9. The molecule has 1 aromatic rings. The van der Waals surface area contributed by atoms with E-state index in [1.807, 2.05) is 37.3 Å². The van der Waals surface area contributed by atoms with Gasteiger partial charge < -0.3 is 5.32 Å². The molecule has 0 radical (unpaired) electrons. The van der Waals surface area contributed by atoms with Gasteiger partial charge in [-0.1, -0.05) is 44.2 Å². The maximum Gasteiger partial charge on any atom is 0.242 e. The number of amides is 1. The highest BCUT2D eigenvalue weighted by Gasteiger charge is 2.19. The van der Waals surface area contributed by atoms with E-state index < -0.39 is 5.38 Å². The van der Waals surface area contributed by atoms with Crippen LogP contribution in [0.15, 0.2) is 30.3 Å². The SMILES string of the molecule is CC(C)CC(C)NC(=O)C(Cl)c1ccccc1. The van der Waals surface area contributed by atoms with E-state index in [0.29, 0.717) is 5.92 Å². The third kappa shape index (κ3) is 4.78. The number of alkyl halides is 1.